The Morgan fingerprint density at radius 1 is 1.22 bits per heavy atom. The van der Waals surface area contributed by atoms with Crippen molar-refractivity contribution in [1.29, 1.82) is 0 Å². The molecule has 2 aromatic carbocycles. The lowest BCUT2D eigenvalue weighted by Crippen LogP contribution is -2.34. The highest BCUT2D eigenvalue weighted by Gasteiger charge is 2.22. The molecule has 120 valence electrons. The molecule has 2 N–H and O–H groups in total. The lowest BCUT2D eigenvalue weighted by atomic mass is 10.0. The predicted molar refractivity (Wildman–Crippen MR) is 92.0 cm³/mol. The van der Waals surface area contributed by atoms with Crippen molar-refractivity contribution >= 4 is 5.91 Å². The molecule has 4 heteroatoms. The molecule has 0 bridgehead atoms. The average molecular weight is 310 g/mol. The Hall–Kier alpha value is -2.59. The first kappa shape index (κ1) is 16.8. The monoisotopic (exact) mass is 310 g/mol. The summed E-state index contributed by atoms with van der Waals surface area (Å²) in [6, 6.07) is 16.9. The van der Waals surface area contributed by atoms with Crippen LogP contribution in [0.2, 0.25) is 0 Å². The van der Waals surface area contributed by atoms with E-state index in [1.807, 2.05) is 66.5 Å². The maximum absolute atomic E-state index is 11.9. The summed E-state index contributed by atoms with van der Waals surface area (Å²) in [6.45, 7) is 4.72. The largest absolute Gasteiger partial charge is 0.490 e. The molecule has 2 aromatic rings. The third kappa shape index (κ3) is 4.69. The first-order valence-corrected chi connectivity index (χ1v) is 7.49. The molecule has 0 aliphatic carbocycles. The van der Waals surface area contributed by atoms with Crippen LogP contribution in [-0.4, -0.2) is 24.5 Å². The molecule has 0 spiro atoms. The fourth-order valence-corrected chi connectivity index (χ4v) is 2.50. The van der Waals surface area contributed by atoms with Crippen molar-refractivity contribution in [3.63, 3.8) is 0 Å². The van der Waals surface area contributed by atoms with E-state index in [2.05, 4.69) is 6.58 Å². The van der Waals surface area contributed by atoms with Crippen LogP contribution in [-0.2, 0) is 11.3 Å². The SMILES string of the molecule is C=CCOc1ccc(CN(C)[C@H](C(N)=O)c2ccccc2)cc1. The van der Waals surface area contributed by atoms with Gasteiger partial charge in [0.2, 0.25) is 5.91 Å². The van der Waals surface area contributed by atoms with Gasteiger partial charge < -0.3 is 10.5 Å². The first-order chi connectivity index (χ1) is 11.1. The van der Waals surface area contributed by atoms with Crippen molar-refractivity contribution in [3.8, 4) is 5.75 Å². The summed E-state index contributed by atoms with van der Waals surface area (Å²) < 4.78 is 5.46. The maximum Gasteiger partial charge on any atom is 0.239 e. The molecule has 2 rings (SSSR count). The highest BCUT2D eigenvalue weighted by atomic mass is 16.5. The second-order valence-corrected chi connectivity index (χ2v) is 5.37. The molecule has 1 amide bonds. The number of amides is 1. The lowest BCUT2D eigenvalue weighted by molar-refractivity contribution is -0.123. The maximum atomic E-state index is 11.9. The topological polar surface area (TPSA) is 55.6 Å². The van der Waals surface area contributed by atoms with Gasteiger partial charge in [0.1, 0.15) is 18.4 Å². The molecule has 0 heterocycles. The van der Waals surface area contributed by atoms with Crippen molar-refractivity contribution in [2.45, 2.75) is 12.6 Å². The molecule has 0 radical (unpaired) electrons. The van der Waals surface area contributed by atoms with Crippen LogP contribution in [0.4, 0.5) is 0 Å². The first-order valence-electron chi connectivity index (χ1n) is 7.49. The molecule has 4 nitrogen and oxygen atoms in total. The highest BCUT2D eigenvalue weighted by Crippen LogP contribution is 2.22. The number of nitrogens with two attached hydrogens (primary N) is 1. The lowest BCUT2D eigenvalue weighted by Gasteiger charge is -2.26. The van der Waals surface area contributed by atoms with E-state index in [0.29, 0.717) is 13.2 Å². The van der Waals surface area contributed by atoms with Gasteiger partial charge in [-0.2, -0.15) is 0 Å². The Balaban J connectivity index is 2.08. The summed E-state index contributed by atoms with van der Waals surface area (Å²) in [4.78, 5) is 13.8. The number of carbonyl (C=O) groups is 1. The Labute approximate surface area is 137 Å². The molecule has 0 saturated heterocycles. The molecule has 0 fully saturated rings. The summed E-state index contributed by atoms with van der Waals surface area (Å²) >= 11 is 0. The fourth-order valence-electron chi connectivity index (χ4n) is 2.50. The van der Waals surface area contributed by atoms with Gasteiger partial charge >= 0.3 is 0 Å². The number of likely N-dealkylation sites (N-methyl/N-ethyl adjacent to an activating group) is 1. The minimum Gasteiger partial charge on any atom is -0.490 e. The third-order valence-corrected chi connectivity index (χ3v) is 3.55. The van der Waals surface area contributed by atoms with Gasteiger partial charge in [0.05, 0.1) is 0 Å². The minimum atomic E-state index is -0.451. The number of carbonyl (C=O) groups excluding carboxylic acids is 1. The van der Waals surface area contributed by atoms with E-state index in [4.69, 9.17) is 10.5 Å². The van der Waals surface area contributed by atoms with E-state index in [9.17, 15) is 4.79 Å². The second kappa shape index (κ2) is 8.15. The molecule has 1 atom stereocenters. The van der Waals surface area contributed by atoms with Crippen LogP contribution in [0, 0.1) is 0 Å². The average Bonchev–Trinajstić information content (AvgIpc) is 2.55. The Morgan fingerprint density at radius 2 is 1.87 bits per heavy atom. The van der Waals surface area contributed by atoms with E-state index in [0.717, 1.165) is 16.9 Å². The predicted octanol–water partition coefficient (Wildman–Crippen LogP) is 2.91. The normalized spacial score (nSPS) is 11.9. The van der Waals surface area contributed by atoms with Gasteiger partial charge in [0.15, 0.2) is 0 Å². The summed E-state index contributed by atoms with van der Waals surface area (Å²) in [7, 11) is 1.89. The number of primary amides is 1. The van der Waals surface area contributed by atoms with Gasteiger partial charge in [0, 0.05) is 6.54 Å². The Kier molecular flexibility index (Phi) is 5.94. The number of hydrogen-bond donors (Lipinski definition) is 1. The summed E-state index contributed by atoms with van der Waals surface area (Å²) in [5, 5.41) is 0. The number of ether oxygens (including phenoxy) is 1. The van der Waals surface area contributed by atoms with E-state index in [-0.39, 0.29) is 5.91 Å². The zero-order valence-corrected chi connectivity index (χ0v) is 13.3. The summed E-state index contributed by atoms with van der Waals surface area (Å²) in [5.74, 6) is 0.440. The van der Waals surface area contributed by atoms with Crippen molar-refractivity contribution in [2.75, 3.05) is 13.7 Å². The fraction of sp³-hybridized carbons (Fsp3) is 0.211. The molecule has 0 saturated carbocycles. The number of hydrogen-bond acceptors (Lipinski definition) is 3. The van der Waals surface area contributed by atoms with Crippen LogP contribution in [0.15, 0.2) is 67.3 Å². The molecule has 0 aliphatic heterocycles. The van der Waals surface area contributed by atoms with Gasteiger partial charge in [-0.1, -0.05) is 55.1 Å². The van der Waals surface area contributed by atoms with Crippen molar-refractivity contribution in [3.05, 3.63) is 78.4 Å². The van der Waals surface area contributed by atoms with Gasteiger partial charge in [-0.05, 0) is 30.3 Å². The molecule has 0 aliphatic rings. The van der Waals surface area contributed by atoms with Crippen molar-refractivity contribution in [1.82, 2.24) is 4.90 Å². The van der Waals surface area contributed by atoms with Crippen LogP contribution in [0.25, 0.3) is 0 Å². The van der Waals surface area contributed by atoms with Crippen LogP contribution in [0.1, 0.15) is 17.2 Å². The molecule has 0 aromatic heterocycles. The van der Waals surface area contributed by atoms with E-state index >= 15 is 0 Å². The van der Waals surface area contributed by atoms with Crippen LogP contribution >= 0.6 is 0 Å². The number of nitrogens with zero attached hydrogens (tertiary/aromatic N) is 1. The van der Waals surface area contributed by atoms with Crippen molar-refractivity contribution < 1.29 is 9.53 Å². The highest BCUT2D eigenvalue weighted by molar-refractivity contribution is 5.81. The summed E-state index contributed by atoms with van der Waals surface area (Å²) in [5.41, 5.74) is 7.57. The zero-order valence-electron chi connectivity index (χ0n) is 13.3. The zero-order chi connectivity index (χ0) is 16.7. The molecular weight excluding hydrogens is 288 g/mol. The Morgan fingerprint density at radius 3 is 2.43 bits per heavy atom. The van der Waals surface area contributed by atoms with E-state index in [1.165, 1.54) is 0 Å². The third-order valence-electron chi connectivity index (χ3n) is 3.55. The summed E-state index contributed by atoms with van der Waals surface area (Å²) in [6.07, 6.45) is 1.71. The van der Waals surface area contributed by atoms with Crippen LogP contribution in [0.3, 0.4) is 0 Å². The molecule has 23 heavy (non-hydrogen) atoms. The van der Waals surface area contributed by atoms with Crippen molar-refractivity contribution in [2.24, 2.45) is 5.73 Å². The standard InChI is InChI=1S/C19H22N2O2/c1-3-13-23-17-11-9-15(10-12-17)14-21(2)18(19(20)22)16-7-5-4-6-8-16/h3-12,18H,1,13-14H2,2H3,(H2,20,22)/t18-/m0/s1. The minimum absolute atomic E-state index is 0.357. The quantitative estimate of drug-likeness (QED) is 0.763. The number of benzene rings is 2. The second-order valence-electron chi connectivity index (χ2n) is 5.37. The Bertz CT molecular complexity index is 638. The molecule has 0 unspecified atom stereocenters. The number of rotatable bonds is 8. The van der Waals surface area contributed by atoms with Gasteiger partial charge in [0.25, 0.3) is 0 Å². The van der Waals surface area contributed by atoms with Gasteiger partial charge in [-0.3, -0.25) is 9.69 Å². The smallest absolute Gasteiger partial charge is 0.239 e. The van der Waals surface area contributed by atoms with Crippen LogP contribution < -0.4 is 10.5 Å². The van der Waals surface area contributed by atoms with E-state index < -0.39 is 6.04 Å². The van der Waals surface area contributed by atoms with Gasteiger partial charge in [-0.25, -0.2) is 0 Å². The van der Waals surface area contributed by atoms with Crippen LogP contribution in [0.5, 0.6) is 5.75 Å². The molecular formula is C19H22N2O2. The van der Waals surface area contributed by atoms with Gasteiger partial charge in [-0.15, -0.1) is 0 Å². The van der Waals surface area contributed by atoms with E-state index in [1.54, 1.807) is 6.08 Å².